The predicted octanol–water partition coefficient (Wildman–Crippen LogP) is 6.43. The molecule has 2 amide bonds. The van der Waals surface area contributed by atoms with E-state index in [0.717, 1.165) is 0 Å². The van der Waals surface area contributed by atoms with Gasteiger partial charge in [0, 0.05) is 43.3 Å². The molecule has 1 saturated heterocycles. The number of para-hydroxylation sites is 1. The molecule has 0 atom stereocenters. The van der Waals surface area contributed by atoms with Crippen LogP contribution in [0.4, 0.5) is 9.18 Å². The first-order chi connectivity index (χ1) is 19.6. The summed E-state index contributed by atoms with van der Waals surface area (Å²) in [6.45, 7) is 8.46. The van der Waals surface area contributed by atoms with Crippen molar-refractivity contribution in [2.75, 3.05) is 26.2 Å². The molecule has 8 nitrogen and oxygen atoms in total. The molecule has 1 fully saturated rings. The molecule has 5 rings (SSSR count). The topological polar surface area (TPSA) is 87.8 Å². The Hall–Kier alpha value is -4.84. The number of rotatable bonds is 4. The first-order valence-corrected chi connectivity index (χ1v) is 13.4. The van der Waals surface area contributed by atoms with E-state index in [1.54, 1.807) is 45.6 Å². The zero-order valence-corrected chi connectivity index (χ0v) is 23.5. The molecular weight excluding hydrogens is 523 g/mol. The predicted molar refractivity (Wildman–Crippen MR) is 153 cm³/mol. The number of hydrogen-bond donors (Lipinski definition) is 0. The quantitative estimate of drug-likeness (QED) is 0.290. The molecule has 9 heteroatoms. The third kappa shape index (κ3) is 5.73. The van der Waals surface area contributed by atoms with Crippen molar-refractivity contribution in [1.82, 2.24) is 14.4 Å². The highest BCUT2D eigenvalue weighted by Crippen LogP contribution is 2.40. The average Bonchev–Trinajstić information content (AvgIpc) is 3.26. The van der Waals surface area contributed by atoms with Gasteiger partial charge in [0.25, 0.3) is 5.91 Å². The van der Waals surface area contributed by atoms with Gasteiger partial charge in [0.1, 0.15) is 22.7 Å². The fourth-order valence-corrected chi connectivity index (χ4v) is 4.84. The van der Waals surface area contributed by atoms with Crippen LogP contribution in [0.2, 0.25) is 0 Å². The molecule has 0 aliphatic carbocycles. The molecule has 1 aliphatic heterocycles. The van der Waals surface area contributed by atoms with Gasteiger partial charge >= 0.3 is 6.09 Å². The van der Waals surface area contributed by atoms with Crippen LogP contribution < -0.4 is 4.74 Å². The summed E-state index contributed by atoms with van der Waals surface area (Å²) >= 11 is 0. The summed E-state index contributed by atoms with van der Waals surface area (Å²) in [4.78, 5) is 30.1. The number of nitrogens with zero attached hydrogens (tertiary/aromatic N) is 4. The fraction of sp³-hybridized carbons (Fsp3) is 0.281. The van der Waals surface area contributed by atoms with E-state index < -0.39 is 17.5 Å². The molecule has 0 saturated carbocycles. The van der Waals surface area contributed by atoms with Gasteiger partial charge in [-0.2, -0.15) is 5.26 Å². The summed E-state index contributed by atoms with van der Waals surface area (Å²) in [6.07, 6.45) is -0.417. The minimum atomic E-state index is -0.618. The molecule has 1 aliphatic rings. The number of halogens is 1. The molecular formula is C32H31FN4O4. The minimum Gasteiger partial charge on any atom is -0.444 e. The lowest BCUT2D eigenvalue weighted by molar-refractivity contribution is 0.0140. The summed E-state index contributed by atoms with van der Waals surface area (Å²) in [5, 5.41) is 10.2. The molecule has 0 N–H and O–H groups in total. The van der Waals surface area contributed by atoms with Crippen molar-refractivity contribution >= 4 is 22.9 Å². The van der Waals surface area contributed by atoms with E-state index in [-0.39, 0.29) is 17.5 Å². The summed E-state index contributed by atoms with van der Waals surface area (Å²) < 4.78 is 28.0. The number of carbonyl (C=O) groups is 2. The summed E-state index contributed by atoms with van der Waals surface area (Å²) in [6, 6.07) is 20.9. The number of ether oxygens (including phenoxy) is 2. The van der Waals surface area contributed by atoms with Crippen LogP contribution in [0, 0.1) is 24.1 Å². The Morgan fingerprint density at radius 2 is 1.61 bits per heavy atom. The van der Waals surface area contributed by atoms with E-state index in [2.05, 4.69) is 6.07 Å². The highest BCUT2D eigenvalue weighted by Gasteiger charge is 2.33. The third-order valence-electron chi connectivity index (χ3n) is 6.86. The van der Waals surface area contributed by atoms with Crippen molar-refractivity contribution in [1.29, 1.82) is 5.26 Å². The molecule has 2 heterocycles. The lowest BCUT2D eigenvalue weighted by Crippen LogP contribution is -2.51. The lowest BCUT2D eigenvalue weighted by atomic mass is 10.1. The molecule has 210 valence electrons. The van der Waals surface area contributed by atoms with Crippen LogP contribution in [0.25, 0.3) is 16.6 Å². The summed E-state index contributed by atoms with van der Waals surface area (Å²) in [7, 11) is 0. The Morgan fingerprint density at radius 1 is 0.927 bits per heavy atom. The second kappa shape index (κ2) is 11.0. The Kier molecular flexibility index (Phi) is 7.41. The number of hydrogen-bond acceptors (Lipinski definition) is 5. The molecule has 0 radical (unpaired) electrons. The van der Waals surface area contributed by atoms with Crippen LogP contribution in [-0.2, 0) is 4.74 Å². The van der Waals surface area contributed by atoms with Gasteiger partial charge in [0.2, 0.25) is 5.88 Å². The van der Waals surface area contributed by atoms with Crippen LogP contribution in [0.1, 0.15) is 42.3 Å². The lowest BCUT2D eigenvalue weighted by Gasteiger charge is -2.35. The molecule has 3 aromatic carbocycles. The SMILES string of the molecule is Cc1ccc(F)cc1Oc1c(C(=O)N2CCN(C(=O)OC(C)(C)C)CC2)c2ccc(C#N)cc2n1-c1ccccc1. The monoisotopic (exact) mass is 554 g/mol. The molecule has 41 heavy (non-hydrogen) atoms. The van der Waals surface area contributed by atoms with Gasteiger partial charge in [-0.1, -0.05) is 30.3 Å². The van der Waals surface area contributed by atoms with E-state index in [1.807, 2.05) is 51.1 Å². The van der Waals surface area contributed by atoms with Crippen LogP contribution in [0.3, 0.4) is 0 Å². The second-order valence-electron chi connectivity index (χ2n) is 11.0. The van der Waals surface area contributed by atoms with Crippen LogP contribution in [0.15, 0.2) is 66.7 Å². The average molecular weight is 555 g/mol. The number of nitriles is 1. The largest absolute Gasteiger partial charge is 0.444 e. The number of aromatic nitrogens is 1. The van der Waals surface area contributed by atoms with Gasteiger partial charge in [-0.05, 0) is 63.6 Å². The molecule has 4 aromatic rings. The maximum Gasteiger partial charge on any atom is 0.410 e. The van der Waals surface area contributed by atoms with Gasteiger partial charge in [-0.3, -0.25) is 9.36 Å². The normalized spacial score (nSPS) is 13.7. The maximum absolute atomic E-state index is 14.3. The van der Waals surface area contributed by atoms with E-state index in [9.17, 15) is 19.2 Å². The maximum atomic E-state index is 14.3. The van der Waals surface area contributed by atoms with E-state index in [1.165, 1.54) is 12.1 Å². The Morgan fingerprint density at radius 3 is 2.27 bits per heavy atom. The minimum absolute atomic E-state index is 0.217. The van der Waals surface area contributed by atoms with Crippen molar-refractivity contribution < 1.29 is 23.5 Å². The standard InChI is InChI=1S/C32H31FN4O4/c1-21-10-12-23(33)19-27(21)40-30-28(29(38)35-14-16-36(17-15-35)31(39)41-32(2,3)4)25-13-11-22(20-34)18-26(25)37(30)24-8-6-5-7-9-24/h5-13,18-19H,14-17H2,1-4H3. The van der Waals surface area contributed by atoms with Crippen molar-refractivity contribution in [3.63, 3.8) is 0 Å². The van der Waals surface area contributed by atoms with Gasteiger partial charge in [-0.25, -0.2) is 9.18 Å². The fourth-order valence-electron chi connectivity index (χ4n) is 4.84. The van der Waals surface area contributed by atoms with Crippen molar-refractivity contribution in [2.45, 2.75) is 33.3 Å². The number of aryl methyl sites for hydroxylation is 1. The summed E-state index contributed by atoms with van der Waals surface area (Å²) in [5.74, 6) is -0.267. The molecule has 1 aromatic heterocycles. The second-order valence-corrected chi connectivity index (χ2v) is 11.0. The zero-order valence-electron chi connectivity index (χ0n) is 23.5. The third-order valence-corrected chi connectivity index (χ3v) is 6.86. The molecule has 0 bridgehead atoms. The highest BCUT2D eigenvalue weighted by atomic mass is 19.1. The Labute approximate surface area is 238 Å². The molecule has 0 unspecified atom stereocenters. The van der Waals surface area contributed by atoms with E-state index >= 15 is 0 Å². The van der Waals surface area contributed by atoms with Crippen molar-refractivity contribution in [3.8, 4) is 23.4 Å². The first-order valence-electron chi connectivity index (χ1n) is 13.4. The zero-order chi connectivity index (χ0) is 29.3. The van der Waals surface area contributed by atoms with Crippen molar-refractivity contribution in [2.24, 2.45) is 0 Å². The van der Waals surface area contributed by atoms with Crippen LogP contribution in [-0.4, -0.2) is 58.1 Å². The van der Waals surface area contributed by atoms with Crippen LogP contribution >= 0.6 is 0 Å². The van der Waals surface area contributed by atoms with E-state index in [4.69, 9.17) is 9.47 Å². The number of piperazine rings is 1. The summed E-state index contributed by atoms with van der Waals surface area (Å²) in [5.41, 5.74) is 2.11. The number of amides is 2. The van der Waals surface area contributed by atoms with E-state index in [0.29, 0.717) is 59.5 Å². The smallest absolute Gasteiger partial charge is 0.410 e. The number of benzene rings is 3. The van der Waals surface area contributed by atoms with Crippen molar-refractivity contribution in [3.05, 3.63) is 89.2 Å². The molecule has 0 spiro atoms. The number of fused-ring (bicyclic) bond motifs is 1. The Balaban J connectivity index is 1.61. The first kappa shape index (κ1) is 27.7. The van der Waals surface area contributed by atoms with Crippen LogP contribution in [0.5, 0.6) is 11.6 Å². The Bertz CT molecular complexity index is 1660. The van der Waals surface area contributed by atoms with Gasteiger partial charge in [0.05, 0.1) is 17.1 Å². The highest BCUT2D eigenvalue weighted by molar-refractivity contribution is 6.10. The number of carbonyl (C=O) groups excluding carboxylic acids is 2. The van der Waals surface area contributed by atoms with Gasteiger partial charge < -0.3 is 19.3 Å². The van der Waals surface area contributed by atoms with Gasteiger partial charge in [0.15, 0.2) is 0 Å². The van der Waals surface area contributed by atoms with Gasteiger partial charge in [-0.15, -0.1) is 0 Å².